The van der Waals surface area contributed by atoms with Gasteiger partial charge in [0, 0.05) is 19.7 Å². The lowest BCUT2D eigenvalue weighted by Crippen LogP contribution is -2.35. The summed E-state index contributed by atoms with van der Waals surface area (Å²) >= 11 is 0. The predicted molar refractivity (Wildman–Crippen MR) is 139 cm³/mol. The van der Waals surface area contributed by atoms with E-state index >= 15 is 0 Å². The quantitative estimate of drug-likeness (QED) is 0.332. The summed E-state index contributed by atoms with van der Waals surface area (Å²) in [6, 6.07) is 17.6. The third kappa shape index (κ3) is 7.31. The summed E-state index contributed by atoms with van der Waals surface area (Å²) in [5, 5.41) is 15.6. The molecule has 1 heterocycles. The molecule has 1 unspecified atom stereocenters. The van der Waals surface area contributed by atoms with Crippen LogP contribution in [0.5, 0.6) is 17.4 Å². The number of methoxy groups -OCH3 is 1. The van der Waals surface area contributed by atoms with E-state index in [4.69, 9.17) is 19.3 Å². The lowest BCUT2D eigenvalue weighted by molar-refractivity contribution is 0.0194. The Morgan fingerprint density at radius 3 is 2.31 bits per heavy atom. The fourth-order valence-electron chi connectivity index (χ4n) is 4.05. The Morgan fingerprint density at radius 1 is 1.00 bits per heavy atom. The summed E-state index contributed by atoms with van der Waals surface area (Å²) in [5.74, 6) is 2.41. The molecule has 35 heavy (non-hydrogen) atoms. The highest BCUT2D eigenvalue weighted by molar-refractivity contribution is 5.46. The van der Waals surface area contributed by atoms with Gasteiger partial charge in [-0.05, 0) is 62.2 Å². The Hall–Kier alpha value is -2.87. The van der Waals surface area contributed by atoms with Gasteiger partial charge in [0.2, 0.25) is 5.88 Å². The number of hydrogen-bond donors (Lipinski definition) is 1. The first-order valence-electron chi connectivity index (χ1n) is 12.4. The summed E-state index contributed by atoms with van der Waals surface area (Å²) in [4.78, 5) is 2.25. The molecular weight excluding hydrogens is 442 g/mol. The Morgan fingerprint density at radius 2 is 1.71 bits per heavy atom. The van der Waals surface area contributed by atoms with Crippen LogP contribution in [0.3, 0.4) is 0 Å². The van der Waals surface area contributed by atoms with Crippen LogP contribution in [-0.4, -0.2) is 59.3 Å². The van der Waals surface area contributed by atoms with E-state index < -0.39 is 6.10 Å². The van der Waals surface area contributed by atoms with Crippen LogP contribution in [0.4, 0.5) is 0 Å². The molecule has 1 atom stereocenters. The second-order valence-electron chi connectivity index (χ2n) is 8.90. The fraction of sp³-hybridized carbons (Fsp3) is 0.464. The van der Waals surface area contributed by atoms with Crippen LogP contribution in [0.25, 0.3) is 5.69 Å². The van der Waals surface area contributed by atoms with Crippen LogP contribution in [0, 0.1) is 0 Å². The zero-order valence-electron chi connectivity index (χ0n) is 21.6. The van der Waals surface area contributed by atoms with Gasteiger partial charge >= 0.3 is 0 Å². The second kappa shape index (κ2) is 13.3. The molecule has 1 N–H and O–H groups in total. The minimum Gasteiger partial charge on any atom is -0.497 e. The van der Waals surface area contributed by atoms with Crippen molar-refractivity contribution in [2.24, 2.45) is 0 Å². The van der Waals surface area contributed by atoms with Crippen LogP contribution < -0.4 is 9.47 Å². The highest BCUT2D eigenvalue weighted by Gasteiger charge is 2.25. The number of ether oxygens (including phenoxy) is 3. The van der Waals surface area contributed by atoms with Crippen molar-refractivity contribution in [1.29, 1.82) is 0 Å². The van der Waals surface area contributed by atoms with Crippen molar-refractivity contribution in [1.82, 2.24) is 14.7 Å². The monoisotopic (exact) mass is 481 g/mol. The standard InChI is InChI=1S/C28H39N3O4/c1-6-17-30(18-23(32)20-34-7-2)19-26-27(21(3)4)29-31(22-13-15-24(33-5)16-14-22)28(26)35-25-11-9-8-10-12-25/h8-16,21,23,32H,6-7,17-20H2,1-5H3. The molecule has 0 fully saturated rings. The van der Waals surface area contributed by atoms with E-state index in [-0.39, 0.29) is 5.92 Å². The highest BCUT2D eigenvalue weighted by Crippen LogP contribution is 2.35. The maximum Gasteiger partial charge on any atom is 0.227 e. The molecule has 190 valence electrons. The van der Waals surface area contributed by atoms with Gasteiger partial charge in [0.1, 0.15) is 11.5 Å². The Labute approximate surface area is 209 Å². The van der Waals surface area contributed by atoms with Crippen LogP contribution in [0.15, 0.2) is 54.6 Å². The van der Waals surface area contributed by atoms with Crippen molar-refractivity contribution in [3.8, 4) is 23.1 Å². The van der Waals surface area contributed by atoms with Crippen LogP contribution >= 0.6 is 0 Å². The minimum atomic E-state index is -0.556. The summed E-state index contributed by atoms with van der Waals surface area (Å²) in [6.45, 7) is 11.3. The molecule has 0 radical (unpaired) electrons. The van der Waals surface area contributed by atoms with E-state index in [0.29, 0.717) is 32.2 Å². The maximum absolute atomic E-state index is 10.5. The van der Waals surface area contributed by atoms with E-state index in [1.54, 1.807) is 7.11 Å². The Kier molecular flexibility index (Phi) is 10.1. The number of hydrogen-bond acceptors (Lipinski definition) is 6. The van der Waals surface area contributed by atoms with E-state index in [1.807, 2.05) is 66.2 Å². The lowest BCUT2D eigenvalue weighted by atomic mass is 10.1. The molecule has 0 saturated carbocycles. The molecule has 3 rings (SSSR count). The average molecular weight is 482 g/mol. The number of rotatable bonds is 14. The van der Waals surface area contributed by atoms with Crippen LogP contribution in [-0.2, 0) is 11.3 Å². The first kappa shape index (κ1) is 26.7. The van der Waals surface area contributed by atoms with Crippen LogP contribution in [0.2, 0.25) is 0 Å². The lowest BCUT2D eigenvalue weighted by Gasteiger charge is -2.25. The molecule has 0 saturated heterocycles. The number of aliphatic hydroxyl groups is 1. The van der Waals surface area contributed by atoms with Crippen molar-refractivity contribution in [2.75, 3.05) is 33.4 Å². The van der Waals surface area contributed by atoms with Crippen molar-refractivity contribution in [3.63, 3.8) is 0 Å². The molecule has 0 amide bonds. The molecule has 0 aliphatic heterocycles. The fourth-order valence-corrected chi connectivity index (χ4v) is 4.05. The normalized spacial score (nSPS) is 12.3. The van der Waals surface area contributed by atoms with Gasteiger partial charge < -0.3 is 19.3 Å². The van der Waals surface area contributed by atoms with E-state index in [0.717, 1.165) is 41.4 Å². The topological polar surface area (TPSA) is 69.0 Å². The SMILES string of the molecule is CCCN(Cc1c(C(C)C)nn(-c2ccc(OC)cc2)c1Oc1ccccc1)CC(O)COCC. The second-order valence-corrected chi connectivity index (χ2v) is 8.90. The Balaban J connectivity index is 2.04. The zero-order chi connectivity index (χ0) is 25.2. The van der Waals surface area contributed by atoms with Gasteiger partial charge in [-0.1, -0.05) is 39.0 Å². The molecule has 0 bridgehead atoms. The molecule has 3 aromatic rings. The van der Waals surface area contributed by atoms with Crippen molar-refractivity contribution in [3.05, 3.63) is 65.9 Å². The smallest absolute Gasteiger partial charge is 0.227 e. The van der Waals surface area contributed by atoms with Crippen LogP contribution in [0.1, 0.15) is 51.3 Å². The largest absolute Gasteiger partial charge is 0.497 e. The molecule has 7 heteroatoms. The summed E-state index contributed by atoms with van der Waals surface area (Å²) in [5.41, 5.74) is 2.90. The molecule has 2 aromatic carbocycles. The summed E-state index contributed by atoms with van der Waals surface area (Å²) in [6.07, 6.45) is 0.416. The van der Waals surface area contributed by atoms with Crippen molar-refractivity contribution in [2.45, 2.75) is 52.7 Å². The zero-order valence-corrected chi connectivity index (χ0v) is 21.6. The van der Waals surface area contributed by atoms with E-state index in [1.165, 1.54) is 0 Å². The third-order valence-corrected chi connectivity index (χ3v) is 5.69. The van der Waals surface area contributed by atoms with Gasteiger partial charge in [-0.25, -0.2) is 4.68 Å². The number of benzene rings is 2. The summed E-state index contributed by atoms with van der Waals surface area (Å²) < 4.78 is 19.1. The maximum atomic E-state index is 10.5. The average Bonchev–Trinajstić information content (AvgIpc) is 3.21. The van der Waals surface area contributed by atoms with E-state index in [9.17, 15) is 5.11 Å². The number of nitrogens with zero attached hydrogens (tertiary/aromatic N) is 3. The molecule has 0 aliphatic rings. The minimum absolute atomic E-state index is 0.194. The molecule has 0 spiro atoms. The number of aliphatic hydroxyl groups excluding tert-OH is 1. The number of aromatic nitrogens is 2. The van der Waals surface area contributed by atoms with Gasteiger partial charge in [0.15, 0.2) is 0 Å². The van der Waals surface area contributed by atoms with Gasteiger partial charge in [0.25, 0.3) is 0 Å². The molecular formula is C28H39N3O4. The summed E-state index contributed by atoms with van der Waals surface area (Å²) in [7, 11) is 1.66. The van der Waals surface area contributed by atoms with Gasteiger partial charge in [-0.3, -0.25) is 4.90 Å². The predicted octanol–water partition coefficient (Wildman–Crippen LogP) is 5.41. The molecule has 7 nitrogen and oxygen atoms in total. The van der Waals surface area contributed by atoms with Crippen molar-refractivity contribution < 1.29 is 19.3 Å². The number of para-hydroxylation sites is 1. The van der Waals surface area contributed by atoms with E-state index in [2.05, 4.69) is 25.7 Å². The Bertz CT molecular complexity index is 1020. The molecule has 0 aliphatic carbocycles. The van der Waals surface area contributed by atoms with Gasteiger partial charge in [-0.15, -0.1) is 0 Å². The van der Waals surface area contributed by atoms with Gasteiger partial charge in [0.05, 0.1) is 36.8 Å². The van der Waals surface area contributed by atoms with Gasteiger partial charge in [-0.2, -0.15) is 5.10 Å². The van der Waals surface area contributed by atoms with Crippen molar-refractivity contribution >= 4 is 0 Å². The first-order valence-corrected chi connectivity index (χ1v) is 12.4. The molecule has 1 aromatic heterocycles. The highest BCUT2D eigenvalue weighted by atomic mass is 16.5. The first-order chi connectivity index (χ1) is 17.0. The third-order valence-electron chi connectivity index (χ3n) is 5.69.